The van der Waals surface area contributed by atoms with Crippen molar-refractivity contribution >= 4 is 23.2 Å². The summed E-state index contributed by atoms with van der Waals surface area (Å²) in [6.45, 7) is 6.60. The van der Waals surface area contributed by atoms with Crippen LogP contribution in [-0.4, -0.2) is 25.2 Å². The van der Waals surface area contributed by atoms with Crippen LogP contribution in [0.1, 0.15) is 57.1 Å². The predicted octanol–water partition coefficient (Wildman–Crippen LogP) is 6.29. The van der Waals surface area contributed by atoms with Gasteiger partial charge in [-0.15, -0.1) is 0 Å². The lowest BCUT2D eigenvalue weighted by Crippen LogP contribution is -2.38. The Morgan fingerprint density at radius 1 is 1.17 bits per heavy atom. The van der Waals surface area contributed by atoms with Gasteiger partial charge < -0.3 is 14.8 Å². The van der Waals surface area contributed by atoms with Crippen molar-refractivity contribution < 1.29 is 14.3 Å². The molecule has 2 aromatic carbocycles. The van der Waals surface area contributed by atoms with Crippen molar-refractivity contribution in [2.75, 3.05) is 19.0 Å². The molecule has 1 fully saturated rings. The molecule has 0 bridgehead atoms. The third-order valence-corrected chi connectivity index (χ3v) is 6.46. The first-order valence-electron chi connectivity index (χ1n) is 10.6. The first kappa shape index (κ1) is 22.6. The van der Waals surface area contributed by atoms with Gasteiger partial charge in [0.15, 0.2) is 0 Å². The number of carbonyl (C=O) groups excluding carboxylic acids is 1. The number of hydrogen-bond acceptors (Lipinski definition) is 3. The summed E-state index contributed by atoms with van der Waals surface area (Å²) in [7, 11) is 1.69. The smallest absolute Gasteiger partial charge is 0.235 e. The Morgan fingerprint density at radius 3 is 2.53 bits per heavy atom. The van der Waals surface area contributed by atoms with Gasteiger partial charge in [-0.1, -0.05) is 54.3 Å². The van der Waals surface area contributed by atoms with E-state index in [1.54, 1.807) is 13.2 Å². The molecule has 1 N–H and O–H groups in total. The molecule has 2 aromatic rings. The number of carbonyl (C=O) groups is 1. The van der Waals surface area contributed by atoms with Crippen molar-refractivity contribution in [3.63, 3.8) is 0 Å². The zero-order valence-corrected chi connectivity index (χ0v) is 19.1. The number of halogens is 1. The van der Waals surface area contributed by atoms with Crippen LogP contribution >= 0.6 is 11.6 Å². The third kappa shape index (κ3) is 5.16. The maximum atomic E-state index is 13.4. The fourth-order valence-corrected chi connectivity index (χ4v) is 4.26. The lowest BCUT2D eigenvalue weighted by atomic mass is 9.77. The molecular formula is C25H32ClNO3. The topological polar surface area (TPSA) is 47.6 Å². The average molecular weight is 430 g/mol. The van der Waals surface area contributed by atoms with E-state index in [0.29, 0.717) is 23.1 Å². The second kappa shape index (κ2) is 9.40. The molecule has 3 rings (SSSR count). The highest BCUT2D eigenvalue weighted by atomic mass is 35.5. The summed E-state index contributed by atoms with van der Waals surface area (Å²) < 4.78 is 11.2. The molecule has 30 heavy (non-hydrogen) atoms. The molecule has 4 nitrogen and oxygen atoms in total. The molecule has 0 aliphatic heterocycles. The standard InChI is InChI=1S/C25H32ClNO3/c1-18-8-7-9-19(16-18)25(12-5-6-13-25)23(28)27-20-10-11-22(21(26)17-20)30-15-14-24(2,3)29-4/h7-11,16-17H,5-6,12-15H2,1-4H3,(H,27,28). The van der Waals surface area contributed by atoms with Crippen molar-refractivity contribution in [1.29, 1.82) is 0 Å². The average Bonchev–Trinajstić information content (AvgIpc) is 3.21. The second-order valence-electron chi connectivity index (χ2n) is 8.82. The van der Waals surface area contributed by atoms with Crippen molar-refractivity contribution in [2.45, 2.75) is 63.9 Å². The number of hydrogen-bond donors (Lipinski definition) is 1. The summed E-state index contributed by atoms with van der Waals surface area (Å²) in [5.74, 6) is 0.646. The summed E-state index contributed by atoms with van der Waals surface area (Å²) in [4.78, 5) is 13.4. The van der Waals surface area contributed by atoms with Crippen LogP contribution in [0.25, 0.3) is 0 Å². The van der Waals surface area contributed by atoms with Gasteiger partial charge in [-0.25, -0.2) is 0 Å². The largest absolute Gasteiger partial charge is 0.492 e. The van der Waals surface area contributed by atoms with Crippen LogP contribution in [0.3, 0.4) is 0 Å². The van der Waals surface area contributed by atoms with E-state index in [1.807, 2.05) is 32.0 Å². The molecule has 1 aliphatic carbocycles. The molecule has 1 aliphatic rings. The van der Waals surface area contributed by atoms with Gasteiger partial charge in [0.1, 0.15) is 5.75 Å². The van der Waals surface area contributed by atoms with E-state index in [2.05, 4.69) is 30.4 Å². The van der Waals surface area contributed by atoms with Gasteiger partial charge in [0.05, 0.1) is 22.6 Å². The van der Waals surface area contributed by atoms with Crippen molar-refractivity contribution in [2.24, 2.45) is 0 Å². The normalized spacial score (nSPS) is 15.8. The molecule has 162 valence electrons. The Kier molecular flexibility index (Phi) is 7.10. The molecule has 0 heterocycles. The van der Waals surface area contributed by atoms with Crippen LogP contribution in [0.4, 0.5) is 5.69 Å². The highest BCUT2D eigenvalue weighted by Gasteiger charge is 2.42. The van der Waals surface area contributed by atoms with Crippen molar-refractivity contribution in [3.05, 3.63) is 58.6 Å². The molecule has 5 heteroatoms. The van der Waals surface area contributed by atoms with Crippen LogP contribution in [0.5, 0.6) is 5.75 Å². The fraction of sp³-hybridized carbons (Fsp3) is 0.480. The van der Waals surface area contributed by atoms with E-state index >= 15 is 0 Å². The van der Waals surface area contributed by atoms with Gasteiger partial charge in [0.25, 0.3) is 0 Å². The first-order chi connectivity index (χ1) is 14.3. The van der Waals surface area contributed by atoms with E-state index in [4.69, 9.17) is 21.1 Å². The lowest BCUT2D eigenvalue weighted by Gasteiger charge is -2.29. The molecule has 0 aromatic heterocycles. The quantitative estimate of drug-likeness (QED) is 0.536. The van der Waals surface area contributed by atoms with Gasteiger partial charge in [0.2, 0.25) is 5.91 Å². The summed E-state index contributed by atoms with van der Waals surface area (Å²) in [5, 5.41) is 3.59. The molecular weight excluding hydrogens is 398 g/mol. The van der Waals surface area contributed by atoms with Gasteiger partial charge >= 0.3 is 0 Å². The Bertz CT molecular complexity index is 888. The van der Waals surface area contributed by atoms with Crippen molar-refractivity contribution in [1.82, 2.24) is 0 Å². The van der Waals surface area contributed by atoms with E-state index < -0.39 is 5.41 Å². The number of aryl methyl sites for hydroxylation is 1. The molecule has 0 saturated heterocycles. The summed E-state index contributed by atoms with van der Waals surface area (Å²) in [5.41, 5.74) is 2.25. The Labute approximate surface area is 184 Å². The van der Waals surface area contributed by atoms with Crippen LogP contribution in [0.15, 0.2) is 42.5 Å². The van der Waals surface area contributed by atoms with Gasteiger partial charge in [-0.2, -0.15) is 0 Å². The highest BCUT2D eigenvalue weighted by Crippen LogP contribution is 2.42. The number of nitrogens with one attached hydrogen (secondary N) is 1. The molecule has 0 spiro atoms. The molecule has 0 radical (unpaired) electrons. The van der Waals surface area contributed by atoms with Crippen LogP contribution in [0, 0.1) is 6.92 Å². The Morgan fingerprint density at radius 2 is 1.90 bits per heavy atom. The predicted molar refractivity (Wildman–Crippen MR) is 123 cm³/mol. The number of rotatable bonds is 8. The number of amides is 1. The monoisotopic (exact) mass is 429 g/mol. The summed E-state index contributed by atoms with van der Waals surface area (Å²) in [6, 6.07) is 13.7. The Hall–Kier alpha value is -2.04. The van der Waals surface area contributed by atoms with E-state index in [0.717, 1.165) is 37.7 Å². The third-order valence-electron chi connectivity index (χ3n) is 6.17. The number of benzene rings is 2. The van der Waals surface area contributed by atoms with Gasteiger partial charge in [0, 0.05) is 19.2 Å². The van der Waals surface area contributed by atoms with Gasteiger partial charge in [-0.05, 0) is 57.4 Å². The summed E-state index contributed by atoms with van der Waals surface area (Å²) >= 11 is 6.42. The van der Waals surface area contributed by atoms with Crippen LogP contribution in [0.2, 0.25) is 5.02 Å². The molecule has 0 unspecified atom stereocenters. The van der Waals surface area contributed by atoms with E-state index in [-0.39, 0.29) is 11.5 Å². The minimum absolute atomic E-state index is 0.0391. The highest BCUT2D eigenvalue weighted by molar-refractivity contribution is 6.32. The van der Waals surface area contributed by atoms with E-state index in [1.165, 1.54) is 5.56 Å². The lowest BCUT2D eigenvalue weighted by molar-refractivity contribution is -0.121. The fourth-order valence-electron chi connectivity index (χ4n) is 4.02. The summed E-state index contributed by atoms with van der Waals surface area (Å²) in [6.07, 6.45) is 4.61. The number of anilines is 1. The zero-order valence-electron chi connectivity index (χ0n) is 18.4. The Balaban J connectivity index is 1.71. The minimum atomic E-state index is -0.473. The molecule has 1 amide bonds. The SMILES string of the molecule is COC(C)(C)CCOc1ccc(NC(=O)C2(c3cccc(C)c3)CCCC2)cc1Cl. The zero-order chi connectivity index (χ0) is 21.8. The maximum absolute atomic E-state index is 13.4. The maximum Gasteiger partial charge on any atom is 0.235 e. The second-order valence-corrected chi connectivity index (χ2v) is 9.23. The van der Waals surface area contributed by atoms with Crippen molar-refractivity contribution in [3.8, 4) is 5.75 Å². The minimum Gasteiger partial charge on any atom is -0.492 e. The number of methoxy groups -OCH3 is 1. The van der Waals surface area contributed by atoms with Crippen LogP contribution < -0.4 is 10.1 Å². The number of ether oxygens (including phenoxy) is 2. The van der Waals surface area contributed by atoms with E-state index in [9.17, 15) is 4.79 Å². The molecule has 0 atom stereocenters. The van der Waals surface area contributed by atoms with Crippen LogP contribution in [-0.2, 0) is 14.9 Å². The first-order valence-corrected chi connectivity index (χ1v) is 11.0. The van der Waals surface area contributed by atoms with Gasteiger partial charge in [-0.3, -0.25) is 4.79 Å². The molecule has 1 saturated carbocycles.